The number of benzene rings is 2. The van der Waals surface area contributed by atoms with Crippen LogP contribution in [0.15, 0.2) is 48.5 Å². The van der Waals surface area contributed by atoms with Crippen molar-refractivity contribution in [3.05, 3.63) is 65.4 Å². The Hall–Kier alpha value is -2.26. The number of para-hydroxylation sites is 1. The van der Waals surface area contributed by atoms with Crippen molar-refractivity contribution >= 4 is 10.9 Å². The van der Waals surface area contributed by atoms with Crippen molar-refractivity contribution in [1.29, 1.82) is 0 Å². The predicted molar refractivity (Wildman–Crippen MR) is 91.7 cm³/mol. The first kappa shape index (κ1) is 14.3. The van der Waals surface area contributed by atoms with E-state index in [1.165, 1.54) is 27.7 Å². The van der Waals surface area contributed by atoms with Crippen molar-refractivity contribution in [2.24, 2.45) is 13.0 Å². The van der Waals surface area contributed by atoms with Gasteiger partial charge in [-0.15, -0.1) is 0 Å². The molecule has 2 aromatic carbocycles. The van der Waals surface area contributed by atoms with Gasteiger partial charge in [-0.1, -0.05) is 24.3 Å². The number of ether oxygens (including phenoxy) is 1. The van der Waals surface area contributed by atoms with E-state index in [-0.39, 0.29) is 6.61 Å². The molecule has 1 heterocycles. The van der Waals surface area contributed by atoms with E-state index in [1.54, 1.807) is 0 Å². The Morgan fingerprint density at radius 2 is 1.96 bits per heavy atom. The number of aromatic nitrogens is 1. The quantitative estimate of drug-likeness (QED) is 0.801. The Bertz CT molecular complexity index is 836. The Morgan fingerprint density at radius 1 is 1.13 bits per heavy atom. The van der Waals surface area contributed by atoms with Crippen LogP contribution in [0.5, 0.6) is 5.75 Å². The highest BCUT2D eigenvalue weighted by atomic mass is 16.5. The lowest BCUT2D eigenvalue weighted by Crippen LogP contribution is -2.07. The summed E-state index contributed by atoms with van der Waals surface area (Å²) in [5, 5.41) is 10.8. The van der Waals surface area contributed by atoms with Crippen molar-refractivity contribution in [1.82, 2.24) is 4.57 Å². The highest BCUT2D eigenvalue weighted by molar-refractivity contribution is 5.86. The maximum atomic E-state index is 9.46. The van der Waals surface area contributed by atoms with Gasteiger partial charge in [-0.05, 0) is 54.2 Å². The summed E-state index contributed by atoms with van der Waals surface area (Å²) >= 11 is 0. The molecule has 1 unspecified atom stereocenters. The number of rotatable bonds is 4. The number of fused-ring (bicyclic) bond motifs is 3. The first-order chi connectivity index (χ1) is 11.3. The van der Waals surface area contributed by atoms with Crippen LogP contribution in [0, 0.1) is 5.92 Å². The molecular weight excluding hydrogens is 286 g/mol. The Kier molecular flexibility index (Phi) is 3.58. The summed E-state index contributed by atoms with van der Waals surface area (Å²) in [7, 11) is 2.13. The zero-order chi connectivity index (χ0) is 15.8. The summed E-state index contributed by atoms with van der Waals surface area (Å²) < 4.78 is 8.14. The van der Waals surface area contributed by atoms with Crippen molar-refractivity contribution < 1.29 is 9.84 Å². The highest BCUT2D eigenvalue weighted by Gasteiger charge is 2.26. The second kappa shape index (κ2) is 5.74. The average Bonchev–Trinajstić information content (AvgIpc) is 3.13. The van der Waals surface area contributed by atoms with Gasteiger partial charge in [-0.3, -0.25) is 0 Å². The van der Waals surface area contributed by atoms with Crippen LogP contribution in [-0.4, -0.2) is 16.3 Å². The lowest BCUT2D eigenvalue weighted by Gasteiger charge is -2.09. The van der Waals surface area contributed by atoms with E-state index >= 15 is 0 Å². The van der Waals surface area contributed by atoms with E-state index in [9.17, 15) is 5.11 Å². The Morgan fingerprint density at radius 3 is 2.74 bits per heavy atom. The molecule has 23 heavy (non-hydrogen) atoms. The molecule has 0 bridgehead atoms. The smallest absolute Gasteiger partial charge is 0.119 e. The lowest BCUT2D eigenvalue weighted by atomic mass is 10.0. The fourth-order valence-corrected chi connectivity index (χ4v) is 3.65. The molecule has 1 aliphatic rings. The van der Waals surface area contributed by atoms with Crippen molar-refractivity contribution in [2.75, 3.05) is 6.61 Å². The summed E-state index contributed by atoms with van der Waals surface area (Å²) in [6, 6.07) is 16.5. The average molecular weight is 307 g/mol. The van der Waals surface area contributed by atoms with E-state index in [0.717, 1.165) is 18.6 Å². The van der Waals surface area contributed by atoms with Gasteiger partial charge in [0.05, 0.1) is 0 Å². The minimum Gasteiger partial charge on any atom is -0.489 e. The van der Waals surface area contributed by atoms with E-state index in [4.69, 9.17) is 4.74 Å². The van der Waals surface area contributed by atoms with E-state index in [2.05, 4.69) is 29.8 Å². The van der Waals surface area contributed by atoms with Crippen LogP contribution in [0.2, 0.25) is 0 Å². The van der Waals surface area contributed by atoms with E-state index in [0.29, 0.717) is 12.5 Å². The minimum absolute atomic E-state index is 0.271. The molecule has 118 valence electrons. The maximum absolute atomic E-state index is 9.46. The number of hydrogen-bond donors (Lipinski definition) is 1. The molecule has 0 fully saturated rings. The SMILES string of the molecule is Cn1c2c(c3cc(COc4ccccc4)ccc31)CC(CO)C2. The molecule has 3 nitrogen and oxygen atoms in total. The third kappa shape index (κ3) is 2.51. The van der Waals surface area contributed by atoms with Crippen molar-refractivity contribution in [3.8, 4) is 5.75 Å². The number of aliphatic hydroxyl groups is 1. The van der Waals surface area contributed by atoms with E-state index in [1.807, 2.05) is 30.3 Å². The number of aliphatic hydroxyl groups excluding tert-OH is 1. The molecule has 1 atom stereocenters. The largest absolute Gasteiger partial charge is 0.489 e. The molecule has 1 N–H and O–H groups in total. The van der Waals surface area contributed by atoms with Gasteiger partial charge in [0.15, 0.2) is 0 Å². The Labute approximate surface area is 136 Å². The molecule has 0 spiro atoms. The molecule has 3 aromatic rings. The minimum atomic E-state index is 0.271. The summed E-state index contributed by atoms with van der Waals surface area (Å²) in [5.74, 6) is 1.27. The first-order valence-electron chi connectivity index (χ1n) is 8.14. The third-order valence-corrected chi connectivity index (χ3v) is 4.88. The van der Waals surface area contributed by atoms with Gasteiger partial charge in [0, 0.05) is 30.3 Å². The summed E-state index contributed by atoms with van der Waals surface area (Å²) in [5.41, 5.74) is 5.24. The molecular formula is C20H21NO2. The van der Waals surface area contributed by atoms with Gasteiger partial charge in [0.1, 0.15) is 12.4 Å². The fraction of sp³-hybridized carbons (Fsp3) is 0.300. The zero-order valence-electron chi connectivity index (χ0n) is 13.3. The summed E-state index contributed by atoms with van der Waals surface area (Å²) in [6.45, 7) is 0.847. The standard InChI is InChI=1S/C20H21NO2/c1-21-19-8-7-14(13-23-16-5-3-2-4-6-16)9-17(19)18-10-15(12-22)11-20(18)21/h2-9,15,22H,10-13H2,1H3. The molecule has 4 rings (SSSR count). The van der Waals surface area contributed by atoms with Crippen LogP contribution >= 0.6 is 0 Å². The van der Waals surface area contributed by atoms with Gasteiger partial charge in [-0.25, -0.2) is 0 Å². The van der Waals surface area contributed by atoms with Gasteiger partial charge < -0.3 is 14.4 Å². The topological polar surface area (TPSA) is 34.4 Å². The van der Waals surface area contributed by atoms with Crippen molar-refractivity contribution in [3.63, 3.8) is 0 Å². The first-order valence-corrected chi connectivity index (χ1v) is 8.14. The second-order valence-electron chi connectivity index (χ2n) is 6.39. The molecule has 0 amide bonds. The highest BCUT2D eigenvalue weighted by Crippen LogP contribution is 2.35. The molecule has 1 aliphatic carbocycles. The number of hydrogen-bond acceptors (Lipinski definition) is 2. The maximum Gasteiger partial charge on any atom is 0.119 e. The lowest BCUT2D eigenvalue weighted by molar-refractivity contribution is 0.231. The van der Waals surface area contributed by atoms with Crippen LogP contribution < -0.4 is 4.74 Å². The number of aryl methyl sites for hydroxylation is 1. The van der Waals surface area contributed by atoms with Crippen LogP contribution in [0.1, 0.15) is 16.8 Å². The fourth-order valence-electron chi connectivity index (χ4n) is 3.65. The van der Waals surface area contributed by atoms with Crippen LogP contribution in [-0.2, 0) is 26.5 Å². The Balaban J connectivity index is 1.63. The van der Waals surface area contributed by atoms with Crippen LogP contribution in [0.3, 0.4) is 0 Å². The normalized spacial score (nSPS) is 16.7. The van der Waals surface area contributed by atoms with Gasteiger partial charge in [-0.2, -0.15) is 0 Å². The number of nitrogens with zero attached hydrogens (tertiary/aromatic N) is 1. The summed E-state index contributed by atoms with van der Waals surface area (Å²) in [6.07, 6.45) is 1.96. The second-order valence-corrected chi connectivity index (χ2v) is 6.39. The van der Waals surface area contributed by atoms with Gasteiger partial charge >= 0.3 is 0 Å². The van der Waals surface area contributed by atoms with Gasteiger partial charge in [0.2, 0.25) is 0 Å². The van der Waals surface area contributed by atoms with Crippen molar-refractivity contribution in [2.45, 2.75) is 19.4 Å². The molecule has 0 radical (unpaired) electrons. The van der Waals surface area contributed by atoms with Gasteiger partial charge in [0.25, 0.3) is 0 Å². The molecule has 1 aromatic heterocycles. The molecule has 0 saturated carbocycles. The van der Waals surface area contributed by atoms with E-state index < -0.39 is 0 Å². The van der Waals surface area contributed by atoms with Crippen LogP contribution in [0.4, 0.5) is 0 Å². The molecule has 3 heteroatoms. The zero-order valence-corrected chi connectivity index (χ0v) is 13.3. The third-order valence-electron chi connectivity index (χ3n) is 4.88. The molecule has 0 saturated heterocycles. The summed E-state index contributed by atoms with van der Waals surface area (Å²) in [4.78, 5) is 0. The monoisotopic (exact) mass is 307 g/mol. The van der Waals surface area contributed by atoms with Crippen LogP contribution in [0.25, 0.3) is 10.9 Å². The predicted octanol–water partition coefficient (Wildman–Crippen LogP) is 3.46. The molecule has 0 aliphatic heterocycles.